The van der Waals surface area contributed by atoms with Gasteiger partial charge in [-0.25, -0.2) is 0 Å². The van der Waals surface area contributed by atoms with Crippen molar-refractivity contribution in [2.75, 3.05) is 0 Å². The van der Waals surface area contributed by atoms with Crippen molar-refractivity contribution in [2.24, 2.45) is 0 Å². The first kappa shape index (κ1) is 12.0. The van der Waals surface area contributed by atoms with Gasteiger partial charge in [-0.1, -0.05) is 11.6 Å². The molecule has 1 aromatic rings. The summed E-state index contributed by atoms with van der Waals surface area (Å²) in [5.41, 5.74) is -0.359. The zero-order chi connectivity index (χ0) is 12.6. The van der Waals surface area contributed by atoms with Gasteiger partial charge in [0.2, 0.25) is 0 Å². The van der Waals surface area contributed by atoms with Crippen LogP contribution in [-0.4, -0.2) is 21.4 Å². The van der Waals surface area contributed by atoms with Crippen molar-refractivity contribution in [3.63, 3.8) is 0 Å². The number of halogens is 1. The van der Waals surface area contributed by atoms with Crippen LogP contribution in [0.4, 0.5) is 0 Å². The van der Waals surface area contributed by atoms with Crippen LogP contribution in [0.1, 0.15) is 44.6 Å². The Labute approximate surface area is 112 Å². The summed E-state index contributed by atoms with van der Waals surface area (Å²) in [6.07, 6.45) is 9.87. The second kappa shape index (κ2) is 4.56. The molecule has 18 heavy (non-hydrogen) atoms. The van der Waals surface area contributed by atoms with Crippen molar-refractivity contribution in [1.29, 1.82) is 5.26 Å². The summed E-state index contributed by atoms with van der Waals surface area (Å²) in [4.78, 5) is 0. The van der Waals surface area contributed by atoms with Gasteiger partial charge in [0.05, 0.1) is 23.3 Å². The van der Waals surface area contributed by atoms with E-state index in [2.05, 4.69) is 16.5 Å². The quantitative estimate of drug-likeness (QED) is 0.913. The highest BCUT2D eigenvalue weighted by atomic mass is 35.5. The first-order valence-electron chi connectivity index (χ1n) is 6.59. The van der Waals surface area contributed by atoms with Crippen LogP contribution in [0, 0.1) is 11.3 Å². The number of aromatic nitrogens is 2. The Bertz CT molecular complexity index is 474. The lowest BCUT2D eigenvalue weighted by atomic mass is 9.80. The molecule has 96 valence electrons. The minimum absolute atomic E-state index is 0.289. The van der Waals surface area contributed by atoms with Crippen molar-refractivity contribution in [3.05, 3.63) is 17.4 Å². The van der Waals surface area contributed by atoms with E-state index in [4.69, 9.17) is 11.6 Å². The second-order valence-electron chi connectivity index (χ2n) is 5.50. The van der Waals surface area contributed by atoms with Crippen LogP contribution in [-0.2, 0) is 0 Å². The van der Waals surface area contributed by atoms with Crippen molar-refractivity contribution in [3.8, 4) is 6.07 Å². The molecule has 3 rings (SSSR count). The number of hydrogen-bond donors (Lipinski definition) is 1. The maximum Gasteiger partial charge on any atom is 0.109 e. The normalized spacial score (nSPS) is 32.1. The third-order valence-electron chi connectivity index (χ3n) is 3.94. The highest BCUT2D eigenvalue weighted by Gasteiger charge is 2.41. The largest absolute Gasteiger partial charge is 0.297 e. The molecule has 2 atom stereocenters. The fourth-order valence-corrected chi connectivity index (χ4v) is 3.01. The number of nitrogens with one attached hydrogen (secondary N) is 1. The van der Waals surface area contributed by atoms with Gasteiger partial charge in [0, 0.05) is 18.7 Å². The molecule has 2 saturated carbocycles. The minimum atomic E-state index is -0.359. The zero-order valence-corrected chi connectivity index (χ0v) is 11.0. The number of nitrogens with zero attached hydrogens (tertiary/aromatic N) is 3. The fraction of sp³-hybridized carbons (Fsp3) is 0.692. The Morgan fingerprint density at radius 2 is 2.33 bits per heavy atom. The molecular formula is C13H17ClN4. The molecule has 0 radical (unpaired) electrons. The lowest BCUT2D eigenvalue weighted by molar-refractivity contribution is 0.218. The van der Waals surface area contributed by atoms with E-state index in [9.17, 15) is 5.26 Å². The SMILES string of the molecule is N#CC1(NC2CC2)CCCC(n2cc(Cl)cn2)C1. The van der Waals surface area contributed by atoms with E-state index >= 15 is 0 Å². The van der Waals surface area contributed by atoms with E-state index in [1.165, 1.54) is 12.8 Å². The smallest absolute Gasteiger partial charge is 0.109 e. The Hall–Kier alpha value is -1.05. The molecule has 2 unspecified atom stereocenters. The van der Waals surface area contributed by atoms with Gasteiger partial charge in [-0.15, -0.1) is 0 Å². The molecule has 0 aromatic carbocycles. The molecule has 5 heteroatoms. The van der Waals surface area contributed by atoms with Gasteiger partial charge in [-0.2, -0.15) is 10.4 Å². The van der Waals surface area contributed by atoms with Gasteiger partial charge in [0.1, 0.15) is 5.54 Å². The summed E-state index contributed by atoms with van der Waals surface area (Å²) < 4.78 is 1.92. The number of nitriles is 1. The predicted octanol–water partition coefficient (Wildman–Crippen LogP) is 2.67. The first-order valence-corrected chi connectivity index (χ1v) is 6.97. The van der Waals surface area contributed by atoms with E-state index in [1.54, 1.807) is 6.20 Å². The molecule has 2 aliphatic carbocycles. The van der Waals surface area contributed by atoms with Gasteiger partial charge in [-0.05, 0) is 32.1 Å². The molecule has 0 bridgehead atoms. The van der Waals surface area contributed by atoms with Crippen LogP contribution < -0.4 is 5.32 Å². The van der Waals surface area contributed by atoms with E-state index in [1.807, 2.05) is 10.9 Å². The molecule has 0 spiro atoms. The van der Waals surface area contributed by atoms with Crippen LogP contribution in [0.3, 0.4) is 0 Å². The number of rotatable bonds is 3. The molecule has 0 saturated heterocycles. The van der Waals surface area contributed by atoms with Crippen LogP contribution in [0.15, 0.2) is 12.4 Å². The lowest BCUT2D eigenvalue weighted by Gasteiger charge is -2.36. The Morgan fingerprint density at radius 1 is 1.50 bits per heavy atom. The summed E-state index contributed by atoms with van der Waals surface area (Å²) in [5, 5.41) is 18.0. The Balaban J connectivity index is 1.75. The van der Waals surface area contributed by atoms with Crippen molar-refractivity contribution in [1.82, 2.24) is 15.1 Å². The van der Waals surface area contributed by atoms with E-state index in [0.29, 0.717) is 11.1 Å². The predicted molar refractivity (Wildman–Crippen MR) is 69.2 cm³/mol. The van der Waals surface area contributed by atoms with E-state index < -0.39 is 0 Å². The minimum Gasteiger partial charge on any atom is -0.297 e. The summed E-state index contributed by atoms with van der Waals surface area (Å²) in [5.74, 6) is 0. The monoisotopic (exact) mass is 264 g/mol. The third kappa shape index (κ3) is 2.38. The van der Waals surface area contributed by atoms with Gasteiger partial charge in [0.25, 0.3) is 0 Å². The number of hydrogen-bond acceptors (Lipinski definition) is 3. The van der Waals surface area contributed by atoms with Crippen LogP contribution in [0.2, 0.25) is 5.02 Å². The standard InChI is InChI=1S/C13H17ClN4/c14-10-7-16-18(8-10)12-2-1-5-13(6-12,9-15)17-11-3-4-11/h7-8,11-12,17H,1-6H2. The molecule has 1 heterocycles. The Morgan fingerprint density at radius 3 is 2.94 bits per heavy atom. The van der Waals surface area contributed by atoms with Crippen molar-refractivity contribution < 1.29 is 0 Å². The van der Waals surface area contributed by atoms with Gasteiger partial charge >= 0.3 is 0 Å². The molecule has 4 nitrogen and oxygen atoms in total. The summed E-state index contributed by atoms with van der Waals surface area (Å²) in [6, 6.07) is 3.36. The van der Waals surface area contributed by atoms with Crippen LogP contribution >= 0.6 is 11.6 Å². The highest BCUT2D eigenvalue weighted by Crippen LogP contribution is 2.37. The van der Waals surface area contributed by atoms with Crippen LogP contribution in [0.25, 0.3) is 0 Å². The summed E-state index contributed by atoms with van der Waals surface area (Å²) in [6.45, 7) is 0. The van der Waals surface area contributed by atoms with Crippen molar-refractivity contribution >= 4 is 11.6 Å². The van der Waals surface area contributed by atoms with Crippen LogP contribution in [0.5, 0.6) is 0 Å². The zero-order valence-electron chi connectivity index (χ0n) is 10.3. The Kier molecular flexibility index (Phi) is 3.04. The first-order chi connectivity index (χ1) is 8.71. The van der Waals surface area contributed by atoms with Crippen molar-refractivity contribution in [2.45, 2.75) is 56.1 Å². The average Bonchev–Trinajstić information content (AvgIpc) is 3.08. The topological polar surface area (TPSA) is 53.6 Å². The molecule has 1 aromatic heterocycles. The highest BCUT2D eigenvalue weighted by molar-refractivity contribution is 6.30. The van der Waals surface area contributed by atoms with Gasteiger partial charge < -0.3 is 0 Å². The molecule has 0 amide bonds. The lowest BCUT2D eigenvalue weighted by Crippen LogP contribution is -2.49. The van der Waals surface area contributed by atoms with E-state index in [-0.39, 0.29) is 11.6 Å². The summed E-state index contributed by atoms with van der Waals surface area (Å²) >= 11 is 5.91. The van der Waals surface area contributed by atoms with Gasteiger partial charge in [-0.3, -0.25) is 10.00 Å². The third-order valence-corrected chi connectivity index (χ3v) is 4.14. The molecule has 2 fully saturated rings. The molecule has 0 aliphatic heterocycles. The molecular weight excluding hydrogens is 248 g/mol. The maximum absolute atomic E-state index is 9.52. The van der Waals surface area contributed by atoms with E-state index in [0.717, 1.165) is 25.7 Å². The summed E-state index contributed by atoms with van der Waals surface area (Å²) in [7, 11) is 0. The average molecular weight is 265 g/mol. The molecule has 1 N–H and O–H groups in total. The fourth-order valence-electron chi connectivity index (χ4n) is 2.87. The molecule has 2 aliphatic rings. The van der Waals surface area contributed by atoms with Gasteiger partial charge in [0.15, 0.2) is 0 Å². The maximum atomic E-state index is 9.52. The second-order valence-corrected chi connectivity index (χ2v) is 5.94.